The standard InChI is InChI=1S/C24H24F3N5O4/c1-15-2-3-18(29-23(34)20-12-17(14-28-31-20)24(25,26)27)13-19(15)16-10-21(32-4-7-35-8-5-32)30-22(11-16)36-9-6-33/h2-3,10-14,33H,4-9H2,1H3,(H,29,34). The summed E-state index contributed by atoms with van der Waals surface area (Å²) in [4.78, 5) is 19.2. The summed E-state index contributed by atoms with van der Waals surface area (Å²) in [5.74, 6) is 0.187. The van der Waals surface area contributed by atoms with Crippen molar-refractivity contribution in [2.45, 2.75) is 13.1 Å². The first kappa shape index (κ1) is 25.3. The molecule has 3 heterocycles. The fourth-order valence-corrected chi connectivity index (χ4v) is 3.66. The van der Waals surface area contributed by atoms with E-state index in [0.29, 0.717) is 56.0 Å². The van der Waals surface area contributed by atoms with Gasteiger partial charge < -0.3 is 24.8 Å². The number of anilines is 2. The lowest BCUT2D eigenvalue weighted by molar-refractivity contribution is -0.137. The molecule has 1 aliphatic heterocycles. The molecule has 190 valence electrons. The van der Waals surface area contributed by atoms with Crippen LogP contribution in [0.3, 0.4) is 0 Å². The molecule has 2 N–H and O–H groups in total. The van der Waals surface area contributed by atoms with Crippen LogP contribution in [0.15, 0.2) is 42.6 Å². The maximum absolute atomic E-state index is 13.0. The summed E-state index contributed by atoms with van der Waals surface area (Å²) in [6.45, 7) is 4.24. The molecule has 1 aromatic carbocycles. The molecule has 2 aromatic heterocycles. The average Bonchev–Trinajstić information content (AvgIpc) is 2.88. The summed E-state index contributed by atoms with van der Waals surface area (Å²) >= 11 is 0. The van der Waals surface area contributed by atoms with E-state index < -0.39 is 23.3 Å². The minimum absolute atomic E-state index is 0.0755. The SMILES string of the molecule is Cc1ccc(NC(=O)c2cc(C(F)(F)F)cnn2)cc1-c1cc(OCCO)nc(N2CCOCC2)c1. The highest BCUT2D eigenvalue weighted by Gasteiger charge is 2.32. The van der Waals surface area contributed by atoms with E-state index in [1.807, 2.05) is 13.0 Å². The lowest BCUT2D eigenvalue weighted by atomic mass is 10.00. The zero-order valence-electron chi connectivity index (χ0n) is 19.4. The second kappa shape index (κ2) is 10.9. The van der Waals surface area contributed by atoms with Gasteiger partial charge in [-0.2, -0.15) is 23.3 Å². The predicted molar refractivity (Wildman–Crippen MR) is 125 cm³/mol. The van der Waals surface area contributed by atoms with E-state index in [1.54, 1.807) is 24.3 Å². The smallest absolute Gasteiger partial charge is 0.418 e. The van der Waals surface area contributed by atoms with Crippen LogP contribution < -0.4 is 15.0 Å². The molecule has 0 unspecified atom stereocenters. The summed E-state index contributed by atoms with van der Waals surface area (Å²) in [7, 11) is 0. The number of benzene rings is 1. The van der Waals surface area contributed by atoms with Gasteiger partial charge >= 0.3 is 6.18 Å². The number of alkyl halides is 3. The van der Waals surface area contributed by atoms with E-state index in [1.165, 1.54) is 0 Å². The highest BCUT2D eigenvalue weighted by Crippen LogP contribution is 2.32. The number of aliphatic hydroxyl groups excluding tert-OH is 1. The lowest BCUT2D eigenvalue weighted by Crippen LogP contribution is -2.36. The fraction of sp³-hybridized carbons (Fsp3) is 0.333. The highest BCUT2D eigenvalue weighted by molar-refractivity contribution is 6.03. The quantitative estimate of drug-likeness (QED) is 0.506. The Kier molecular flexibility index (Phi) is 7.65. The molecule has 0 bridgehead atoms. The number of halogens is 3. The van der Waals surface area contributed by atoms with E-state index in [-0.39, 0.29) is 13.2 Å². The van der Waals surface area contributed by atoms with E-state index in [4.69, 9.17) is 14.6 Å². The summed E-state index contributed by atoms with van der Waals surface area (Å²) in [5, 5.41) is 18.6. The third-order valence-corrected chi connectivity index (χ3v) is 5.49. The molecule has 12 heteroatoms. The van der Waals surface area contributed by atoms with Crippen molar-refractivity contribution in [3.05, 3.63) is 59.4 Å². The summed E-state index contributed by atoms with van der Waals surface area (Å²) < 4.78 is 49.9. The van der Waals surface area contributed by atoms with Gasteiger partial charge in [0.15, 0.2) is 5.69 Å². The number of nitrogens with zero attached hydrogens (tertiary/aromatic N) is 4. The number of aryl methyl sites for hydroxylation is 1. The first-order valence-electron chi connectivity index (χ1n) is 11.2. The zero-order valence-corrected chi connectivity index (χ0v) is 19.4. The van der Waals surface area contributed by atoms with Crippen molar-refractivity contribution in [2.75, 3.05) is 49.7 Å². The van der Waals surface area contributed by atoms with Gasteiger partial charge in [-0.1, -0.05) is 6.07 Å². The van der Waals surface area contributed by atoms with Crippen molar-refractivity contribution >= 4 is 17.4 Å². The largest absolute Gasteiger partial charge is 0.475 e. The highest BCUT2D eigenvalue weighted by atomic mass is 19.4. The zero-order chi connectivity index (χ0) is 25.7. The van der Waals surface area contributed by atoms with Gasteiger partial charge in [0.2, 0.25) is 5.88 Å². The van der Waals surface area contributed by atoms with Crippen molar-refractivity contribution in [1.82, 2.24) is 15.2 Å². The Morgan fingerprint density at radius 1 is 1.19 bits per heavy atom. The number of carbonyl (C=O) groups excluding carboxylic acids is 1. The fourth-order valence-electron chi connectivity index (χ4n) is 3.66. The number of hydrogen-bond donors (Lipinski definition) is 2. The maximum Gasteiger partial charge on any atom is 0.418 e. The van der Waals surface area contributed by atoms with E-state index in [0.717, 1.165) is 16.7 Å². The summed E-state index contributed by atoms with van der Waals surface area (Å²) in [5.41, 5.74) is 1.25. The second-order valence-electron chi connectivity index (χ2n) is 8.03. The van der Waals surface area contributed by atoms with Crippen LogP contribution in [0.2, 0.25) is 0 Å². The molecule has 1 amide bonds. The van der Waals surface area contributed by atoms with E-state index in [2.05, 4.69) is 25.4 Å². The van der Waals surface area contributed by atoms with E-state index >= 15 is 0 Å². The van der Waals surface area contributed by atoms with Crippen molar-refractivity contribution < 1.29 is 32.5 Å². The van der Waals surface area contributed by atoms with Gasteiger partial charge in [0.05, 0.1) is 31.6 Å². The Bertz CT molecular complexity index is 1230. The molecular weight excluding hydrogens is 479 g/mol. The number of carbonyl (C=O) groups is 1. The second-order valence-corrected chi connectivity index (χ2v) is 8.03. The van der Waals surface area contributed by atoms with Crippen LogP contribution in [0, 0.1) is 6.92 Å². The van der Waals surface area contributed by atoms with E-state index in [9.17, 15) is 18.0 Å². The van der Waals surface area contributed by atoms with Crippen molar-refractivity contribution in [3.8, 4) is 17.0 Å². The number of pyridine rings is 1. The van der Waals surface area contributed by atoms with Crippen molar-refractivity contribution in [3.63, 3.8) is 0 Å². The molecule has 0 saturated carbocycles. The minimum atomic E-state index is -4.64. The Balaban J connectivity index is 1.64. The van der Waals surface area contributed by atoms with Gasteiger partial charge in [-0.3, -0.25) is 4.79 Å². The van der Waals surface area contributed by atoms with Crippen LogP contribution in [-0.4, -0.2) is 65.7 Å². The van der Waals surface area contributed by atoms with Gasteiger partial charge in [-0.05, 0) is 47.9 Å². The van der Waals surface area contributed by atoms with Crippen molar-refractivity contribution in [1.29, 1.82) is 0 Å². The molecule has 1 aliphatic rings. The van der Waals surface area contributed by atoms with Gasteiger partial charge in [-0.25, -0.2) is 0 Å². The van der Waals surface area contributed by atoms with Crippen molar-refractivity contribution in [2.24, 2.45) is 0 Å². The molecule has 4 rings (SSSR count). The molecule has 9 nitrogen and oxygen atoms in total. The van der Waals surface area contributed by atoms with Crippen LogP contribution in [0.4, 0.5) is 24.7 Å². The van der Waals surface area contributed by atoms with Crippen LogP contribution >= 0.6 is 0 Å². The topological polar surface area (TPSA) is 110 Å². The monoisotopic (exact) mass is 503 g/mol. The molecule has 0 radical (unpaired) electrons. The third-order valence-electron chi connectivity index (χ3n) is 5.49. The molecular formula is C24H24F3N5O4. The van der Waals surface area contributed by atoms with Gasteiger partial charge in [-0.15, -0.1) is 5.10 Å². The number of rotatable bonds is 7. The third kappa shape index (κ3) is 6.07. The van der Waals surface area contributed by atoms with Gasteiger partial charge in [0.25, 0.3) is 5.91 Å². The number of ether oxygens (including phenoxy) is 2. The molecule has 1 saturated heterocycles. The molecule has 1 fully saturated rings. The van der Waals surface area contributed by atoms with Crippen LogP contribution in [-0.2, 0) is 10.9 Å². The lowest BCUT2D eigenvalue weighted by Gasteiger charge is -2.28. The minimum Gasteiger partial charge on any atom is -0.475 e. The molecule has 0 spiro atoms. The molecule has 0 atom stereocenters. The number of aliphatic hydroxyl groups is 1. The van der Waals surface area contributed by atoms with Crippen LogP contribution in [0.1, 0.15) is 21.6 Å². The van der Waals surface area contributed by atoms with Crippen LogP contribution in [0.5, 0.6) is 5.88 Å². The van der Waals surface area contributed by atoms with Gasteiger partial charge in [0.1, 0.15) is 12.4 Å². The Labute approximate surface area is 204 Å². The van der Waals surface area contributed by atoms with Crippen LogP contribution in [0.25, 0.3) is 11.1 Å². The molecule has 36 heavy (non-hydrogen) atoms. The summed E-state index contributed by atoms with van der Waals surface area (Å²) in [6, 6.07) is 9.41. The number of nitrogens with one attached hydrogen (secondary N) is 1. The normalized spacial score (nSPS) is 14.0. The number of hydrogen-bond acceptors (Lipinski definition) is 8. The molecule has 0 aliphatic carbocycles. The first-order valence-corrected chi connectivity index (χ1v) is 11.2. The summed E-state index contributed by atoms with van der Waals surface area (Å²) in [6.07, 6.45) is -4.08. The average molecular weight is 503 g/mol. The Hall–Kier alpha value is -3.77. The maximum atomic E-state index is 13.0. The Morgan fingerprint density at radius 3 is 2.69 bits per heavy atom. The van der Waals surface area contributed by atoms with Gasteiger partial charge in [0, 0.05) is 24.8 Å². The molecule has 3 aromatic rings. The Morgan fingerprint density at radius 2 is 1.97 bits per heavy atom. The predicted octanol–water partition coefficient (Wildman–Crippen LogP) is 3.33. The number of amides is 1. The number of aromatic nitrogens is 3. The number of morpholine rings is 1. The first-order chi connectivity index (χ1) is 17.2.